The van der Waals surface area contributed by atoms with Gasteiger partial charge in [-0.15, -0.1) is 21.8 Å². The fraction of sp³-hybridized carbons (Fsp3) is 0.385. The second kappa shape index (κ2) is 5.18. The first-order valence-corrected chi connectivity index (χ1v) is 8.54. The van der Waals surface area contributed by atoms with Crippen molar-refractivity contribution >= 4 is 21.4 Å². The molecule has 2 aromatic rings. The number of halogens is 1. The Morgan fingerprint density at radius 1 is 1.25 bits per heavy atom. The van der Waals surface area contributed by atoms with E-state index in [1.807, 2.05) is 30.3 Å². The molecule has 0 radical (unpaired) electrons. The van der Waals surface area contributed by atoms with E-state index in [0.29, 0.717) is 18.2 Å². The van der Waals surface area contributed by atoms with Crippen LogP contribution in [-0.2, 0) is 9.84 Å². The Labute approximate surface area is 121 Å². The Balaban J connectivity index is 1.81. The lowest BCUT2D eigenvalue weighted by atomic mass is 10.1. The highest BCUT2D eigenvalue weighted by Crippen LogP contribution is 2.32. The van der Waals surface area contributed by atoms with Gasteiger partial charge < -0.3 is 4.42 Å². The normalized spacial score (nSPS) is 22.8. The van der Waals surface area contributed by atoms with E-state index in [9.17, 15) is 8.42 Å². The molecule has 0 aliphatic carbocycles. The first-order chi connectivity index (χ1) is 9.55. The van der Waals surface area contributed by atoms with E-state index in [2.05, 4.69) is 10.2 Å². The van der Waals surface area contributed by atoms with Crippen molar-refractivity contribution in [2.45, 2.75) is 17.7 Å². The third-order valence-electron chi connectivity index (χ3n) is 3.35. The first kappa shape index (κ1) is 13.6. The zero-order valence-corrected chi connectivity index (χ0v) is 12.1. The van der Waals surface area contributed by atoms with Crippen molar-refractivity contribution in [3.63, 3.8) is 0 Å². The van der Waals surface area contributed by atoms with Gasteiger partial charge in [0, 0.05) is 0 Å². The monoisotopic (exact) mass is 312 g/mol. The average Bonchev–Trinajstić information content (AvgIpc) is 3.05. The highest BCUT2D eigenvalue weighted by Gasteiger charge is 2.33. The van der Waals surface area contributed by atoms with Gasteiger partial charge in [-0.05, 0) is 12.0 Å². The maximum absolute atomic E-state index is 11.5. The van der Waals surface area contributed by atoms with Gasteiger partial charge >= 0.3 is 0 Å². The van der Waals surface area contributed by atoms with Crippen molar-refractivity contribution in [3.05, 3.63) is 47.7 Å². The van der Waals surface area contributed by atoms with Gasteiger partial charge in [-0.3, -0.25) is 0 Å². The molecule has 2 heterocycles. The van der Waals surface area contributed by atoms with Gasteiger partial charge in [0.25, 0.3) is 0 Å². The lowest BCUT2D eigenvalue weighted by molar-refractivity contribution is 0.429. The van der Waals surface area contributed by atoms with E-state index in [4.69, 9.17) is 16.0 Å². The molecule has 0 N–H and O–H groups in total. The summed E-state index contributed by atoms with van der Waals surface area (Å²) in [4.78, 5) is 0. The summed E-state index contributed by atoms with van der Waals surface area (Å²) in [5.41, 5.74) is 0.864. The summed E-state index contributed by atoms with van der Waals surface area (Å²) < 4.78 is 28.5. The van der Waals surface area contributed by atoms with E-state index in [1.54, 1.807) is 0 Å². The fourth-order valence-corrected chi connectivity index (χ4v) is 4.23. The van der Waals surface area contributed by atoms with Crippen LogP contribution in [0.2, 0.25) is 0 Å². The quantitative estimate of drug-likeness (QED) is 0.813. The molecule has 1 saturated heterocycles. The molecule has 0 saturated carbocycles. The molecule has 2 unspecified atom stereocenters. The maximum atomic E-state index is 11.5. The summed E-state index contributed by atoms with van der Waals surface area (Å²) in [5, 5.41) is 7.37. The van der Waals surface area contributed by atoms with Gasteiger partial charge in [-0.25, -0.2) is 8.42 Å². The molecule has 0 spiro atoms. The van der Waals surface area contributed by atoms with Crippen LogP contribution in [-0.4, -0.2) is 30.1 Å². The molecule has 1 fully saturated rings. The van der Waals surface area contributed by atoms with Crippen molar-refractivity contribution < 1.29 is 12.8 Å². The highest BCUT2D eigenvalue weighted by atomic mass is 35.5. The molecule has 106 valence electrons. The van der Waals surface area contributed by atoms with E-state index >= 15 is 0 Å². The molecular formula is C13H13ClN2O3S. The molecule has 3 rings (SSSR count). The predicted molar refractivity (Wildman–Crippen MR) is 74.4 cm³/mol. The molecule has 7 heteroatoms. The minimum Gasteiger partial charge on any atom is -0.423 e. The van der Waals surface area contributed by atoms with Crippen molar-refractivity contribution in [1.29, 1.82) is 0 Å². The number of hydrogen-bond donors (Lipinski definition) is 0. The second-order valence-electron chi connectivity index (χ2n) is 4.85. The molecule has 1 aliphatic rings. The molecule has 1 aliphatic heterocycles. The molecule has 1 aromatic heterocycles. The van der Waals surface area contributed by atoms with Crippen LogP contribution in [0.3, 0.4) is 0 Å². The van der Waals surface area contributed by atoms with Crippen molar-refractivity contribution in [1.82, 2.24) is 10.2 Å². The molecule has 0 amide bonds. The summed E-state index contributed by atoms with van der Waals surface area (Å²) >= 11 is 6.29. The van der Waals surface area contributed by atoms with Gasteiger partial charge in [0.15, 0.2) is 9.84 Å². The maximum Gasteiger partial charge on any atom is 0.238 e. The number of alkyl halides is 1. The Hall–Kier alpha value is -1.40. The van der Waals surface area contributed by atoms with Gasteiger partial charge in [-0.2, -0.15) is 0 Å². The first-order valence-electron chi connectivity index (χ1n) is 6.28. The zero-order chi connectivity index (χ0) is 14.2. The van der Waals surface area contributed by atoms with Crippen LogP contribution in [0.1, 0.15) is 35.1 Å². The Bertz CT molecular complexity index is 699. The number of nitrogens with zero attached hydrogens (tertiary/aromatic N) is 2. The van der Waals surface area contributed by atoms with Crippen LogP contribution in [0.25, 0.3) is 0 Å². The largest absolute Gasteiger partial charge is 0.423 e. The summed E-state index contributed by atoms with van der Waals surface area (Å²) in [6.45, 7) is 0. The fourth-order valence-electron chi connectivity index (χ4n) is 2.27. The lowest BCUT2D eigenvalue weighted by Crippen LogP contribution is -2.03. The average molecular weight is 313 g/mol. The number of benzene rings is 1. The van der Waals surface area contributed by atoms with E-state index in [1.165, 1.54) is 0 Å². The van der Waals surface area contributed by atoms with Crippen molar-refractivity contribution in [2.75, 3.05) is 11.5 Å². The van der Waals surface area contributed by atoms with Crippen LogP contribution in [0.5, 0.6) is 0 Å². The van der Waals surface area contributed by atoms with Gasteiger partial charge in [0.1, 0.15) is 5.38 Å². The molecule has 1 aromatic carbocycles. The zero-order valence-electron chi connectivity index (χ0n) is 10.6. The summed E-state index contributed by atoms with van der Waals surface area (Å²) in [5.74, 6) is 0.714. The molecule has 5 nitrogen and oxygen atoms in total. The van der Waals surface area contributed by atoms with Crippen LogP contribution in [0, 0.1) is 0 Å². The topological polar surface area (TPSA) is 73.1 Å². The van der Waals surface area contributed by atoms with Crippen molar-refractivity contribution in [2.24, 2.45) is 0 Å². The third kappa shape index (κ3) is 2.71. The third-order valence-corrected chi connectivity index (χ3v) is 5.55. The van der Waals surface area contributed by atoms with E-state index in [-0.39, 0.29) is 17.4 Å². The predicted octanol–water partition coefficient (Wildman–Crippen LogP) is 2.30. The van der Waals surface area contributed by atoms with Gasteiger partial charge in [-0.1, -0.05) is 30.3 Å². The Morgan fingerprint density at radius 2 is 2.00 bits per heavy atom. The van der Waals surface area contributed by atoms with Gasteiger partial charge in [0.05, 0.1) is 17.4 Å². The molecule has 2 atom stereocenters. The summed E-state index contributed by atoms with van der Waals surface area (Å²) in [6.07, 6.45) is 0.530. The molecule has 20 heavy (non-hydrogen) atoms. The van der Waals surface area contributed by atoms with Crippen LogP contribution >= 0.6 is 11.6 Å². The van der Waals surface area contributed by atoms with Crippen LogP contribution < -0.4 is 0 Å². The minimum absolute atomic E-state index is 0.0763. The number of hydrogen-bond acceptors (Lipinski definition) is 5. The number of sulfone groups is 1. The number of rotatable bonds is 3. The highest BCUT2D eigenvalue weighted by molar-refractivity contribution is 7.91. The number of aromatic nitrogens is 2. The lowest BCUT2D eigenvalue weighted by Gasteiger charge is -2.04. The summed E-state index contributed by atoms with van der Waals surface area (Å²) in [6, 6.07) is 9.41. The molecule has 0 bridgehead atoms. The van der Waals surface area contributed by atoms with Crippen molar-refractivity contribution in [3.8, 4) is 0 Å². The second-order valence-corrected chi connectivity index (χ2v) is 7.52. The Morgan fingerprint density at radius 3 is 2.65 bits per heavy atom. The summed E-state index contributed by atoms with van der Waals surface area (Å²) in [7, 11) is -2.97. The molecular weight excluding hydrogens is 300 g/mol. The standard InChI is InChI=1S/C13H13ClN2O3S/c14-11(9-4-2-1-3-5-9)13-16-15-12(19-13)10-6-7-20(17,18)8-10/h1-5,10-11H,6-8H2. The van der Waals surface area contributed by atoms with Crippen LogP contribution in [0.4, 0.5) is 0 Å². The Kier molecular flexibility index (Phi) is 3.52. The van der Waals surface area contributed by atoms with E-state index in [0.717, 1.165) is 5.56 Å². The van der Waals surface area contributed by atoms with Crippen LogP contribution in [0.15, 0.2) is 34.7 Å². The smallest absolute Gasteiger partial charge is 0.238 e. The SMILES string of the molecule is O=S1(=O)CCC(c2nnc(C(Cl)c3ccccc3)o2)C1. The van der Waals surface area contributed by atoms with Gasteiger partial charge in [0.2, 0.25) is 11.8 Å². The minimum atomic E-state index is -2.97. The van der Waals surface area contributed by atoms with E-state index < -0.39 is 15.2 Å².